The summed E-state index contributed by atoms with van der Waals surface area (Å²) in [6, 6.07) is 0. The van der Waals surface area contributed by atoms with Crippen LogP contribution in [0.15, 0.2) is 0 Å². The lowest BCUT2D eigenvalue weighted by Gasteiger charge is -2.29. The van der Waals surface area contributed by atoms with E-state index in [1.165, 1.54) is 12.8 Å². The first-order chi connectivity index (χ1) is 6.96. The summed E-state index contributed by atoms with van der Waals surface area (Å²) < 4.78 is 0. The molecule has 4 nitrogen and oxygen atoms in total. The minimum Gasteiger partial charge on any atom is -0.480 e. The van der Waals surface area contributed by atoms with Crippen LogP contribution in [0, 0.1) is 0 Å². The number of carboxylic acid groups (broad SMARTS) is 1. The van der Waals surface area contributed by atoms with Gasteiger partial charge in [0.1, 0.15) is 5.54 Å². The first-order valence-electron chi connectivity index (χ1n) is 5.57. The zero-order valence-electron chi connectivity index (χ0n) is 10.3. The van der Waals surface area contributed by atoms with Gasteiger partial charge in [0.15, 0.2) is 0 Å². The molecule has 0 aliphatic carbocycles. The lowest BCUT2D eigenvalue weighted by atomic mass is 10.0. The summed E-state index contributed by atoms with van der Waals surface area (Å²) in [6.45, 7) is 5.36. The Morgan fingerprint density at radius 1 is 1.47 bits per heavy atom. The number of rotatable bonds is 8. The van der Waals surface area contributed by atoms with Crippen LogP contribution < -0.4 is 5.32 Å². The molecule has 2 N–H and O–H groups in total. The largest absolute Gasteiger partial charge is 0.480 e. The highest BCUT2D eigenvalue weighted by Crippen LogP contribution is 2.06. The van der Waals surface area contributed by atoms with Crippen molar-refractivity contribution in [1.82, 2.24) is 10.2 Å². The molecule has 90 valence electrons. The summed E-state index contributed by atoms with van der Waals surface area (Å²) in [7, 11) is 3.65. The van der Waals surface area contributed by atoms with E-state index < -0.39 is 11.5 Å². The van der Waals surface area contributed by atoms with Gasteiger partial charge in [-0.2, -0.15) is 0 Å². The molecule has 4 heteroatoms. The van der Waals surface area contributed by atoms with Gasteiger partial charge in [-0.15, -0.1) is 0 Å². The minimum absolute atomic E-state index is 0.530. The molecule has 0 spiro atoms. The van der Waals surface area contributed by atoms with Crippen LogP contribution in [0.1, 0.15) is 33.1 Å². The number of hydrogen-bond acceptors (Lipinski definition) is 3. The van der Waals surface area contributed by atoms with Crippen molar-refractivity contribution < 1.29 is 9.90 Å². The van der Waals surface area contributed by atoms with Crippen LogP contribution in [0.2, 0.25) is 0 Å². The quantitative estimate of drug-likeness (QED) is 0.598. The molecular weight excluding hydrogens is 192 g/mol. The van der Waals surface area contributed by atoms with Crippen molar-refractivity contribution in [1.29, 1.82) is 0 Å². The summed E-state index contributed by atoms with van der Waals surface area (Å²) in [6.07, 6.45) is 3.52. The second kappa shape index (κ2) is 6.80. The Balaban J connectivity index is 4.01. The van der Waals surface area contributed by atoms with Crippen LogP contribution in [0.25, 0.3) is 0 Å². The topological polar surface area (TPSA) is 52.6 Å². The predicted octanol–water partition coefficient (Wildman–Crippen LogP) is 1.17. The molecule has 0 saturated heterocycles. The van der Waals surface area contributed by atoms with E-state index in [-0.39, 0.29) is 0 Å². The van der Waals surface area contributed by atoms with Crippen molar-refractivity contribution in [3.63, 3.8) is 0 Å². The Hall–Kier alpha value is -0.610. The van der Waals surface area contributed by atoms with E-state index in [2.05, 4.69) is 17.1 Å². The second-order valence-corrected chi connectivity index (χ2v) is 4.33. The number of hydrogen-bond donors (Lipinski definition) is 2. The fraction of sp³-hybridized carbons (Fsp3) is 0.909. The lowest BCUT2D eigenvalue weighted by molar-refractivity contribution is -0.144. The van der Waals surface area contributed by atoms with Crippen LogP contribution in [0.5, 0.6) is 0 Å². The Labute approximate surface area is 92.7 Å². The van der Waals surface area contributed by atoms with Crippen molar-refractivity contribution in [3.8, 4) is 0 Å². The summed E-state index contributed by atoms with van der Waals surface area (Å²) in [5.74, 6) is -0.799. The summed E-state index contributed by atoms with van der Waals surface area (Å²) >= 11 is 0. The van der Waals surface area contributed by atoms with Crippen LogP contribution in [-0.2, 0) is 4.79 Å². The third kappa shape index (κ3) is 5.14. The average Bonchev–Trinajstić information content (AvgIpc) is 2.17. The molecule has 15 heavy (non-hydrogen) atoms. The number of nitrogens with one attached hydrogen (secondary N) is 1. The van der Waals surface area contributed by atoms with Crippen LogP contribution in [0.3, 0.4) is 0 Å². The van der Waals surface area contributed by atoms with E-state index in [9.17, 15) is 4.79 Å². The standard InChI is InChI=1S/C11H24N2O2/c1-5-6-7-8-13(4)9-11(2,12-3)10(14)15/h12H,5-9H2,1-4H3,(H,14,15). The molecular formula is C11H24N2O2. The monoisotopic (exact) mass is 216 g/mol. The van der Waals surface area contributed by atoms with Crippen LogP contribution >= 0.6 is 0 Å². The van der Waals surface area contributed by atoms with Crippen molar-refractivity contribution >= 4 is 5.97 Å². The van der Waals surface area contributed by atoms with E-state index in [1.807, 2.05) is 7.05 Å². The maximum atomic E-state index is 11.0. The van der Waals surface area contributed by atoms with Gasteiger partial charge in [-0.25, -0.2) is 0 Å². The van der Waals surface area contributed by atoms with Gasteiger partial charge in [-0.3, -0.25) is 4.79 Å². The van der Waals surface area contributed by atoms with E-state index in [0.29, 0.717) is 6.54 Å². The molecule has 0 heterocycles. The minimum atomic E-state index is -0.846. The lowest BCUT2D eigenvalue weighted by Crippen LogP contribution is -2.55. The van der Waals surface area contributed by atoms with Crippen molar-refractivity contribution in [2.45, 2.75) is 38.6 Å². The summed E-state index contributed by atoms with van der Waals surface area (Å²) in [5, 5.41) is 11.9. The van der Waals surface area contributed by atoms with E-state index >= 15 is 0 Å². The Morgan fingerprint density at radius 3 is 2.47 bits per heavy atom. The molecule has 0 fully saturated rings. The van der Waals surface area contributed by atoms with Crippen molar-refractivity contribution in [2.24, 2.45) is 0 Å². The van der Waals surface area contributed by atoms with E-state index in [1.54, 1.807) is 14.0 Å². The smallest absolute Gasteiger partial charge is 0.324 e. The summed E-state index contributed by atoms with van der Waals surface area (Å²) in [5.41, 5.74) is -0.846. The predicted molar refractivity (Wildman–Crippen MR) is 62.1 cm³/mol. The molecule has 0 aliphatic heterocycles. The summed E-state index contributed by atoms with van der Waals surface area (Å²) in [4.78, 5) is 13.1. The van der Waals surface area contributed by atoms with Crippen molar-refractivity contribution in [3.05, 3.63) is 0 Å². The number of nitrogens with zero attached hydrogens (tertiary/aromatic N) is 1. The van der Waals surface area contributed by atoms with Gasteiger partial charge in [-0.05, 0) is 34.0 Å². The maximum absolute atomic E-state index is 11.0. The molecule has 0 aliphatic rings. The number of carboxylic acids is 1. The average molecular weight is 216 g/mol. The molecule has 0 saturated carbocycles. The van der Waals surface area contributed by atoms with Gasteiger partial charge in [0.05, 0.1) is 0 Å². The Bertz CT molecular complexity index is 197. The number of likely N-dealkylation sites (N-methyl/N-ethyl adjacent to an activating group) is 2. The van der Waals surface area contributed by atoms with Crippen LogP contribution in [-0.4, -0.2) is 48.7 Å². The molecule has 0 amide bonds. The molecule has 0 bridgehead atoms. The molecule has 0 aromatic carbocycles. The van der Waals surface area contributed by atoms with Gasteiger partial charge in [0, 0.05) is 6.54 Å². The third-order valence-electron chi connectivity index (χ3n) is 2.75. The maximum Gasteiger partial charge on any atom is 0.324 e. The highest BCUT2D eigenvalue weighted by molar-refractivity contribution is 5.78. The zero-order valence-corrected chi connectivity index (χ0v) is 10.3. The second-order valence-electron chi connectivity index (χ2n) is 4.33. The van der Waals surface area contributed by atoms with Crippen molar-refractivity contribution in [2.75, 3.05) is 27.2 Å². The highest BCUT2D eigenvalue weighted by atomic mass is 16.4. The third-order valence-corrected chi connectivity index (χ3v) is 2.75. The number of carbonyl (C=O) groups is 1. The van der Waals surface area contributed by atoms with Gasteiger partial charge in [0.25, 0.3) is 0 Å². The van der Waals surface area contributed by atoms with E-state index in [0.717, 1.165) is 13.0 Å². The molecule has 0 aromatic rings. The van der Waals surface area contributed by atoms with Gasteiger partial charge >= 0.3 is 5.97 Å². The molecule has 0 radical (unpaired) electrons. The Morgan fingerprint density at radius 2 is 2.07 bits per heavy atom. The van der Waals surface area contributed by atoms with Gasteiger partial charge in [0.2, 0.25) is 0 Å². The van der Waals surface area contributed by atoms with Gasteiger partial charge in [-0.1, -0.05) is 19.8 Å². The Kier molecular flexibility index (Phi) is 6.52. The first kappa shape index (κ1) is 14.4. The first-order valence-corrected chi connectivity index (χ1v) is 5.57. The fourth-order valence-corrected chi connectivity index (χ4v) is 1.50. The molecule has 1 unspecified atom stereocenters. The normalized spacial score (nSPS) is 15.3. The SMILES string of the molecule is CCCCCN(C)CC(C)(NC)C(=O)O. The zero-order chi connectivity index (χ0) is 11.9. The van der Waals surface area contributed by atoms with E-state index in [4.69, 9.17) is 5.11 Å². The van der Waals surface area contributed by atoms with Crippen LogP contribution in [0.4, 0.5) is 0 Å². The molecule has 1 atom stereocenters. The number of aliphatic carboxylic acids is 1. The van der Waals surface area contributed by atoms with Gasteiger partial charge < -0.3 is 15.3 Å². The molecule has 0 aromatic heterocycles. The highest BCUT2D eigenvalue weighted by Gasteiger charge is 2.32. The molecule has 0 rings (SSSR count). The fourth-order valence-electron chi connectivity index (χ4n) is 1.50. The number of unbranched alkanes of at least 4 members (excludes halogenated alkanes) is 2.